The average molecular weight is 577 g/mol. The summed E-state index contributed by atoms with van der Waals surface area (Å²) in [5.74, 6) is -1.05. The number of alkyl halides is 3. The van der Waals surface area contributed by atoms with Crippen LogP contribution in [0.3, 0.4) is 0 Å². The fourth-order valence-corrected chi connectivity index (χ4v) is 5.55. The zero-order chi connectivity index (χ0) is 29.4. The molecule has 6 rings (SSSR count). The third kappa shape index (κ3) is 5.31. The van der Waals surface area contributed by atoms with Gasteiger partial charge in [-0.25, -0.2) is 19.7 Å². The molecule has 0 unspecified atom stereocenters. The molecule has 0 bridgehead atoms. The van der Waals surface area contributed by atoms with Crippen molar-refractivity contribution in [3.05, 3.63) is 89.6 Å². The van der Waals surface area contributed by atoms with E-state index >= 15 is 0 Å². The lowest BCUT2D eigenvalue weighted by molar-refractivity contribution is -0.141. The molecular formula is C30H27F3N6O3. The molecule has 1 saturated heterocycles. The molecule has 1 aliphatic heterocycles. The summed E-state index contributed by atoms with van der Waals surface area (Å²) in [6.45, 7) is 0.872. The van der Waals surface area contributed by atoms with E-state index in [9.17, 15) is 22.8 Å². The second-order valence-corrected chi connectivity index (χ2v) is 10.4. The van der Waals surface area contributed by atoms with Crippen molar-refractivity contribution in [3.8, 4) is 22.6 Å². The molecule has 2 aromatic heterocycles. The number of nitrogens with zero attached hydrogens (tertiary/aromatic N) is 5. The van der Waals surface area contributed by atoms with Crippen LogP contribution in [-0.2, 0) is 18.0 Å². The molecular weight excluding hydrogens is 549 g/mol. The highest BCUT2D eigenvalue weighted by molar-refractivity contribution is 5.93. The number of nitrogens with one attached hydrogen (secondary N) is 1. The summed E-state index contributed by atoms with van der Waals surface area (Å²) in [7, 11) is 1.59. The number of likely N-dealkylation sites (tertiary alicyclic amines) is 1. The topological polar surface area (TPSA) is 102 Å². The number of rotatable bonds is 5. The second-order valence-electron chi connectivity index (χ2n) is 10.4. The summed E-state index contributed by atoms with van der Waals surface area (Å²) in [4.78, 5) is 39.1. The molecule has 12 heteroatoms. The van der Waals surface area contributed by atoms with Crippen LogP contribution >= 0.6 is 0 Å². The van der Waals surface area contributed by atoms with Crippen molar-refractivity contribution in [2.45, 2.75) is 31.0 Å². The molecule has 9 nitrogen and oxygen atoms in total. The van der Waals surface area contributed by atoms with Gasteiger partial charge in [-0.05, 0) is 35.1 Å². The summed E-state index contributed by atoms with van der Waals surface area (Å²) in [5.41, 5.74) is 3.16. The fraction of sp³-hybridized carbons (Fsp3) is 0.300. The highest BCUT2D eigenvalue weighted by Crippen LogP contribution is 2.44. The van der Waals surface area contributed by atoms with Gasteiger partial charge in [0.05, 0.1) is 12.5 Å². The van der Waals surface area contributed by atoms with Gasteiger partial charge in [-0.15, -0.1) is 0 Å². The molecule has 42 heavy (non-hydrogen) atoms. The lowest BCUT2D eigenvalue weighted by atomic mass is 9.98. The maximum Gasteiger partial charge on any atom is 0.433 e. The molecule has 1 fully saturated rings. The van der Waals surface area contributed by atoms with Gasteiger partial charge in [0.15, 0.2) is 5.82 Å². The molecule has 4 aromatic rings. The summed E-state index contributed by atoms with van der Waals surface area (Å²) in [5, 5.41) is 2.76. The maximum atomic E-state index is 13.5. The number of ether oxygens (including phenoxy) is 1. The van der Waals surface area contributed by atoms with Crippen LogP contribution in [0.2, 0.25) is 0 Å². The van der Waals surface area contributed by atoms with Crippen LogP contribution in [-0.4, -0.2) is 62.2 Å². The van der Waals surface area contributed by atoms with E-state index in [2.05, 4.69) is 44.5 Å². The highest BCUT2D eigenvalue weighted by atomic mass is 19.4. The minimum atomic E-state index is -4.76. The van der Waals surface area contributed by atoms with E-state index in [0.717, 1.165) is 22.3 Å². The Kier molecular flexibility index (Phi) is 7.13. The van der Waals surface area contributed by atoms with Crippen LogP contribution in [0, 0.1) is 0 Å². The Morgan fingerprint density at radius 2 is 1.64 bits per heavy atom. The Labute approximate surface area is 239 Å². The Hall–Kier alpha value is -4.74. The summed E-state index contributed by atoms with van der Waals surface area (Å²) in [6, 6.07) is 16.5. The number of aromatic nitrogens is 4. The zero-order valence-corrected chi connectivity index (χ0v) is 22.6. The Bertz CT molecular complexity index is 1600. The molecule has 0 atom stereocenters. The van der Waals surface area contributed by atoms with E-state index in [4.69, 9.17) is 4.74 Å². The first kappa shape index (κ1) is 27.4. The molecule has 2 aromatic carbocycles. The van der Waals surface area contributed by atoms with Crippen molar-refractivity contribution in [3.63, 3.8) is 0 Å². The van der Waals surface area contributed by atoms with Gasteiger partial charge >= 0.3 is 12.3 Å². The number of piperidine rings is 1. The van der Waals surface area contributed by atoms with Crippen LogP contribution in [0.5, 0.6) is 0 Å². The lowest BCUT2D eigenvalue weighted by Gasteiger charge is -2.32. The minimum Gasteiger partial charge on any atom is -0.448 e. The number of amides is 2. The molecule has 1 aliphatic carbocycles. The summed E-state index contributed by atoms with van der Waals surface area (Å²) < 4.78 is 47.8. The number of hydrogen-bond donors (Lipinski definition) is 1. The van der Waals surface area contributed by atoms with Crippen molar-refractivity contribution in [1.82, 2.24) is 29.7 Å². The van der Waals surface area contributed by atoms with E-state index in [1.54, 1.807) is 11.9 Å². The van der Waals surface area contributed by atoms with Crippen molar-refractivity contribution in [2.24, 2.45) is 7.05 Å². The molecule has 0 saturated carbocycles. The predicted molar refractivity (Wildman–Crippen MR) is 146 cm³/mol. The zero-order valence-electron chi connectivity index (χ0n) is 22.6. The van der Waals surface area contributed by atoms with E-state index in [1.807, 2.05) is 24.3 Å². The van der Waals surface area contributed by atoms with Crippen LogP contribution in [0.15, 0.2) is 67.1 Å². The highest BCUT2D eigenvalue weighted by Gasteiger charge is 2.35. The number of aryl methyl sites for hydroxylation is 1. The maximum absolute atomic E-state index is 13.5. The quantitative estimate of drug-likeness (QED) is 0.357. The third-order valence-electron chi connectivity index (χ3n) is 7.72. The van der Waals surface area contributed by atoms with Gasteiger partial charge in [0.1, 0.15) is 23.7 Å². The number of hydrogen-bond acceptors (Lipinski definition) is 6. The predicted octanol–water partition coefficient (Wildman–Crippen LogP) is 5.04. The first-order chi connectivity index (χ1) is 20.2. The van der Waals surface area contributed by atoms with Gasteiger partial charge in [0.2, 0.25) is 0 Å². The average Bonchev–Trinajstić information content (AvgIpc) is 3.56. The minimum absolute atomic E-state index is 0.0520. The monoisotopic (exact) mass is 576 g/mol. The van der Waals surface area contributed by atoms with Gasteiger partial charge < -0.3 is 19.5 Å². The molecule has 0 spiro atoms. The van der Waals surface area contributed by atoms with Crippen molar-refractivity contribution in [1.29, 1.82) is 0 Å². The van der Waals surface area contributed by atoms with Gasteiger partial charge in [0.25, 0.3) is 5.91 Å². The van der Waals surface area contributed by atoms with E-state index in [1.165, 1.54) is 17.1 Å². The number of carbonyl (C=O) groups excluding carboxylic acids is 2. The first-order valence-electron chi connectivity index (χ1n) is 13.5. The summed E-state index contributed by atoms with van der Waals surface area (Å²) in [6.07, 6.45) is -1.63. The number of halogens is 3. The molecule has 2 aliphatic rings. The van der Waals surface area contributed by atoms with Gasteiger partial charge in [-0.2, -0.15) is 13.2 Å². The van der Waals surface area contributed by atoms with Gasteiger partial charge in [0, 0.05) is 38.2 Å². The number of carbonyl (C=O) groups is 2. The van der Waals surface area contributed by atoms with E-state index < -0.39 is 29.6 Å². The van der Waals surface area contributed by atoms with Crippen LogP contribution in [0.25, 0.3) is 22.6 Å². The van der Waals surface area contributed by atoms with Gasteiger partial charge in [-0.1, -0.05) is 48.5 Å². The van der Waals surface area contributed by atoms with Crippen molar-refractivity contribution < 1.29 is 27.5 Å². The Morgan fingerprint density at radius 1 is 1.00 bits per heavy atom. The van der Waals surface area contributed by atoms with E-state index in [-0.39, 0.29) is 30.1 Å². The first-order valence-corrected chi connectivity index (χ1v) is 13.5. The van der Waals surface area contributed by atoms with Crippen LogP contribution < -0.4 is 5.32 Å². The molecule has 1 N–H and O–H groups in total. The van der Waals surface area contributed by atoms with Crippen molar-refractivity contribution in [2.75, 3.05) is 19.7 Å². The number of imidazole rings is 1. The van der Waals surface area contributed by atoms with E-state index in [0.29, 0.717) is 32.0 Å². The smallest absolute Gasteiger partial charge is 0.433 e. The SMILES string of the molecule is Cn1cncc1-c1nc(C(=O)NC2CCN(C(=O)OCC3c4ccccc4-c4ccccc43)CC2)cc(C(F)(F)F)n1. The van der Waals surface area contributed by atoms with Crippen molar-refractivity contribution >= 4 is 12.0 Å². The van der Waals surface area contributed by atoms with Crippen LogP contribution in [0.4, 0.5) is 18.0 Å². The number of benzene rings is 2. The molecule has 2 amide bonds. The fourth-order valence-electron chi connectivity index (χ4n) is 5.55. The second kappa shape index (κ2) is 10.9. The normalized spacial score (nSPS) is 15.3. The lowest BCUT2D eigenvalue weighted by Crippen LogP contribution is -2.47. The standard InChI is InChI=1S/C30H27F3N6O3/c1-38-17-34-15-25(38)27-36-24(14-26(37-27)30(31,32)33)28(40)35-18-10-12-39(13-11-18)29(41)42-16-23-21-8-4-2-6-19(21)20-7-3-5-9-22(20)23/h2-9,14-15,17-18,23H,10-13,16H2,1H3,(H,35,40). The summed E-state index contributed by atoms with van der Waals surface area (Å²) >= 11 is 0. The largest absolute Gasteiger partial charge is 0.448 e. The molecule has 216 valence electrons. The Balaban J connectivity index is 1.07. The molecule has 0 radical (unpaired) electrons. The molecule has 3 heterocycles. The van der Waals surface area contributed by atoms with Crippen LogP contribution in [0.1, 0.15) is 46.1 Å². The van der Waals surface area contributed by atoms with Gasteiger partial charge in [-0.3, -0.25) is 4.79 Å². The third-order valence-corrected chi connectivity index (χ3v) is 7.72. The number of fused-ring (bicyclic) bond motifs is 3. The Morgan fingerprint density at radius 3 is 2.24 bits per heavy atom.